The van der Waals surface area contributed by atoms with Gasteiger partial charge in [-0.05, 0) is 48.0 Å². The number of thioether (sulfide) groups is 1. The molecule has 0 bridgehead atoms. The Hall–Kier alpha value is -2.73. The fraction of sp³-hybridized carbons (Fsp3) is 0.0833. The van der Waals surface area contributed by atoms with Gasteiger partial charge in [0.15, 0.2) is 5.78 Å². The number of carbonyl (C=O) groups is 1. The van der Waals surface area contributed by atoms with E-state index >= 15 is 0 Å². The van der Waals surface area contributed by atoms with Crippen LogP contribution < -0.4 is 10.6 Å². The molecule has 2 aromatic carbocycles. The lowest BCUT2D eigenvalue weighted by atomic mass is 9.99. The van der Waals surface area contributed by atoms with Gasteiger partial charge in [-0.3, -0.25) is 4.79 Å². The number of allylic oxidation sites excluding steroid dienone is 2. The molecule has 1 aromatic heterocycles. The molecule has 2 aliphatic rings. The van der Waals surface area contributed by atoms with Crippen molar-refractivity contribution in [3.05, 3.63) is 99.2 Å². The fourth-order valence-electron chi connectivity index (χ4n) is 3.61. The summed E-state index contributed by atoms with van der Waals surface area (Å²) in [4.78, 5) is 19.0. The summed E-state index contributed by atoms with van der Waals surface area (Å²) in [6.07, 6.45) is 5.60. The minimum Gasteiger partial charge on any atom is -0.379 e. The number of hydrogen-bond donors (Lipinski definition) is 2. The third kappa shape index (κ3) is 3.97. The number of para-hydroxylation sites is 1. The lowest BCUT2D eigenvalue weighted by Crippen LogP contribution is -2.08. The van der Waals surface area contributed by atoms with E-state index in [1.54, 1.807) is 30.1 Å². The molecule has 5 rings (SSSR count). The van der Waals surface area contributed by atoms with Gasteiger partial charge in [0, 0.05) is 45.1 Å². The van der Waals surface area contributed by atoms with Crippen molar-refractivity contribution >= 4 is 62.8 Å². The van der Waals surface area contributed by atoms with Crippen LogP contribution in [0.15, 0.2) is 71.9 Å². The number of benzene rings is 2. The van der Waals surface area contributed by atoms with Crippen LogP contribution >= 0.6 is 35.0 Å². The maximum atomic E-state index is 13.5. The maximum Gasteiger partial charge on any atom is 0.196 e. The summed E-state index contributed by atoms with van der Waals surface area (Å²) >= 11 is 14.3. The van der Waals surface area contributed by atoms with E-state index in [1.165, 1.54) is 0 Å². The van der Waals surface area contributed by atoms with E-state index in [-0.39, 0.29) is 5.78 Å². The number of halogens is 2. The average molecular weight is 466 g/mol. The van der Waals surface area contributed by atoms with Crippen molar-refractivity contribution in [2.45, 2.75) is 6.54 Å². The minimum atomic E-state index is -0.143. The third-order valence-electron chi connectivity index (χ3n) is 5.19. The topological polar surface area (TPSA) is 54.0 Å². The van der Waals surface area contributed by atoms with E-state index in [1.807, 2.05) is 48.6 Å². The lowest BCUT2D eigenvalue weighted by molar-refractivity contribution is 0.103. The molecule has 0 saturated carbocycles. The number of rotatable bonds is 3. The average Bonchev–Trinajstić information content (AvgIpc) is 2.98. The number of hydrogen-bond acceptors (Lipinski definition) is 5. The number of nitrogens with one attached hydrogen (secondary N) is 2. The first-order valence-electron chi connectivity index (χ1n) is 9.72. The highest BCUT2D eigenvalue weighted by atomic mass is 35.5. The SMILES string of the molecule is O=C(c1ccc(C2=CC=C(Cl)CS2)cc1Cl)c1cccc2c1Nc1ncccc1CN2. The molecule has 3 heterocycles. The van der Waals surface area contributed by atoms with Gasteiger partial charge < -0.3 is 10.6 Å². The molecule has 154 valence electrons. The number of ketones is 1. The van der Waals surface area contributed by atoms with Crippen molar-refractivity contribution in [1.82, 2.24) is 4.98 Å². The van der Waals surface area contributed by atoms with Gasteiger partial charge in [0.05, 0.1) is 16.4 Å². The molecule has 31 heavy (non-hydrogen) atoms. The van der Waals surface area contributed by atoms with Crippen LogP contribution in [0, 0.1) is 0 Å². The molecule has 0 unspecified atom stereocenters. The number of carbonyl (C=O) groups excluding carboxylic acids is 1. The largest absolute Gasteiger partial charge is 0.379 e. The first-order chi connectivity index (χ1) is 15.1. The zero-order valence-electron chi connectivity index (χ0n) is 16.3. The van der Waals surface area contributed by atoms with Crippen molar-refractivity contribution in [3.63, 3.8) is 0 Å². The molecule has 0 spiro atoms. The summed E-state index contributed by atoms with van der Waals surface area (Å²) in [7, 11) is 0. The number of fused-ring (bicyclic) bond motifs is 2. The Morgan fingerprint density at radius 2 is 1.94 bits per heavy atom. The Labute approximate surface area is 194 Å². The summed E-state index contributed by atoms with van der Waals surface area (Å²) in [6.45, 7) is 0.626. The van der Waals surface area contributed by atoms with Gasteiger partial charge in [-0.25, -0.2) is 4.98 Å². The molecule has 0 saturated heterocycles. The van der Waals surface area contributed by atoms with E-state index in [9.17, 15) is 4.79 Å². The normalized spacial score (nSPS) is 14.8. The van der Waals surface area contributed by atoms with Crippen LogP contribution in [0.5, 0.6) is 0 Å². The van der Waals surface area contributed by atoms with Gasteiger partial charge in [0.2, 0.25) is 0 Å². The fourth-order valence-corrected chi connectivity index (χ4v) is 4.95. The molecular formula is C24H17Cl2N3OS. The summed E-state index contributed by atoms with van der Waals surface area (Å²) in [5.74, 6) is 1.33. The van der Waals surface area contributed by atoms with Gasteiger partial charge in [0.1, 0.15) is 5.82 Å². The molecule has 0 radical (unpaired) electrons. The highest BCUT2D eigenvalue weighted by Crippen LogP contribution is 2.38. The van der Waals surface area contributed by atoms with Gasteiger partial charge in [-0.15, -0.1) is 11.8 Å². The summed E-state index contributed by atoms with van der Waals surface area (Å²) in [5.41, 5.74) is 4.56. The molecule has 4 nitrogen and oxygen atoms in total. The molecule has 2 aliphatic heterocycles. The molecule has 7 heteroatoms. The van der Waals surface area contributed by atoms with E-state index in [0.29, 0.717) is 28.4 Å². The Morgan fingerprint density at radius 1 is 1.03 bits per heavy atom. The summed E-state index contributed by atoms with van der Waals surface area (Å²) in [5, 5.41) is 7.96. The highest BCUT2D eigenvalue weighted by Gasteiger charge is 2.22. The van der Waals surface area contributed by atoms with Gasteiger partial charge in [-0.2, -0.15) is 0 Å². The van der Waals surface area contributed by atoms with Gasteiger partial charge >= 0.3 is 0 Å². The van der Waals surface area contributed by atoms with Crippen LogP contribution in [0.4, 0.5) is 17.2 Å². The first kappa shape index (κ1) is 20.2. The smallest absolute Gasteiger partial charge is 0.196 e. The van der Waals surface area contributed by atoms with Crippen molar-refractivity contribution < 1.29 is 4.79 Å². The molecule has 0 fully saturated rings. The van der Waals surface area contributed by atoms with Crippen LogP contribution in [-0.4, -0.2) is 16.5 Å². The zero-order valence-corrected chi connectivity index (χ0v) is 18.6. The molecular weight excluding hydrogens is 449 g/mol. The lowest BCUT2D eigenvalue weighted by Gasteiger charge is -2.15. The van der Waals surface area contributed by atoms with Crippen LogP contribution in [-0.2, 0) is 6.54 Å². The highest BCUT2D eigenvalue weighted by molar-refractivity contribution is 8.08. The molecule has 0 aliphatic carbocycles. The first-order valence-corrected chi connectivity index (χ1v) is 11.5. The zero-order chi connectivity index (χ0) is 21.4. The molecule has 3 aromatic rings. The van der Waals surface area contributed by atoms with Gasteiger partial charge in [-0.1, -0.05) is 41.4 Å². The van der Waals surface area contributed by atoms with Crippen molar-refractivity contribution in [2.24, 2.45) is 0 Å². The Morgan fingerprint density at radius 3 is 2.74 bits per heavy atom. The molecule has 0 atom stereocenters. The van der Waals surface area contributed by atoms with E-state index < -0.39 is 0 Å². The number of pyridine rings is 1. The van der Waals surface area contributed by atoms with Gasteiger partial charge in [0.25, 0.3) is 0 Å². The van der Waals surface area contributed by atoms with Crippen molar-refractivity contribution in [3.8, 4) is 0 Å². The summed E-state index contributed by atoms with van der Waals surface area (Å²) in [6, 6.07) is 15.1. The van der Waals surface area contributed by atoms with Crippen molar-refractivity contribution in [1.29, 1.82) is 0 Å². The van der Waals surface area contributed by atoms with Crippen LogP contribution in [0.1, 0.15) is 27.0 Å². The number of anilines is 3. The van der Waals surface area contributed by atoms with E-state index in [4.69, 9.17) is 23.2 Å². The summed E-state index contributed by atoms with van der Waals surface area (Å²) < 4.78 is 0. The van der Waals surface area contributed by atoms with Crippen LogP contribution in [0.2, 0.25) is 5.02 Å². The second-order valence-corrected chi connectivity index (χ2v) is 9.08. The quantitative estimate of drug-likeness (QED) is 0.414. The Kier molecular flexibility index (Phi) is 5.48. The predicted octanol–water partition coefficient (Wildman–Crippen LogP) is 6.85. The standard InChI is InChI=1S/C24H17Cl2N3OS/c25-16-7-9-21(31-13-16)14-6-8-17(19(26)11-14)23(30)18-4-1-5-20-22(18)29-24-15(12-28-20)3-2-10-27-24/h1-11,28H,12-13H2,(H,27,29). The van der Waals surface area contributed by atoms with E-state index in [0.717, 1.165) is 38.3 Å². The van der Waals surface area contributed by atoms with Crippen molar-refractivity contribution in [2.75, 3.05) is 16.4 Å². The van der Waals surface area contributed by atoms with Crippen LogP contribution in [0.25, 0.3) is 4.91 Å². The Balaban J connectivity index is 1.51. The number of aromatic nitrogens is 1. The molecule has 2 N–H and O–H groups in total. The second-order valence-electron chi connectivity index (χ2n) is 7.17. The van der Waals surface area contributed by atoms with E-state index in [2.05, 4.69) is 15.6 Å². The minimum absolute atomic E-state index is 0.143. The number of nitrogens with zero attached hydrogens (tertiary/aromatic N) is 1. The maximum absolute atomic E-state index is 13.5. The predicted molar refractivity (Wildman–Crippen MR) is 131 cm³/mol. The monoisotopic (exact) mass is 465 g/mol. The van der Waals surface area contributed by atoms with Crippen LogP contribution in [0.3, 0.4) is 0 Å². The third-order valence-corrected chi connectivity index (χ3v) is 7.06. The second kappa shape index (κ2) is 8.42. The molecule has 0 amide bonds. The Bertz CT molecular complexity index is 1270.